The average molecular weight is 492 g/mol. The number of nitrogens with two attached hydrogens (primary N) is 1. The molecule has 2 aromatic rings. The Kier molecular flexibility index (Phi) is 8.85. The smallest absolute Gasteiger partial charge is 0.339 e. The van der Waals surface area contributed by atoms with Crippen LogP contribution < -0.4 is 9.92 Å². The van der Waals surface area contributed by atoms with Crippen LogP contribution in [0, 0.1) is 6.92 Å². The molecular weight excluding hydrogens is 458 g/mol. The van der Waals surface area contributed by atoms with Gasteiger partial charge in [-0.1, -0.05) is 29.8 Å². The van der Waals surface area contributed by atoms with Gasteiger partial charge >= 0.3 is 22.1 Å². The molecule has 2 unspecified atom stereocenters. The topological polar surface area (TPSA) is 122 Å². The Balaban J connectivity index is 2.36. The normalized spacial score (nSPS) is 13.8. The van der Waals surface area contributed by atoms with Gasteiger partial charge in [0.25, 0.3) is 0 Å². The van der Waals surface area contributed by atoms with Crippen molar-refractivity contribution in [1.29, 1.82) is 0 Å². The molecule has 0 amide bonds. The van der Waals surface area contributed by atoms with E-state index in [1.54, 1.807) is 58.9 Å². The summed E-state index contributed by atoms with van der Waals surface area (Å²) in [6.45, 7) is 10.4. The van der Waals surface area contributed by atoms with Gasteiger partial charge in [0.1, 0.15) is 22.3 Å². The molecule has 0 heterocycles. The van der Waals surface area contributed by atoms with Crippen LogP contribution in [0.25, 0.3) is 0 Å². The van der Waals surface area contributed by atoms with E-state index in [-0.39, 0.29) is 23.2 Å². The molecule has 0 aliphatic heterocycles. The predicted octanol–water partition coefficient (Wildman–Crippen LogP) is 3.86. The Morgan fingerprint density at radius 3 is 2.21 bits per heavy atom. The van der Waals surface area contributed by atoms with Gasteiger partial charge in [-0.25, -0.2) is 0 Å². The van der Waals surface area contributed by atoms with E-state index in [1.807, 2.05) is 6.92 Å². The molecule has 0 spiro atoms. The molecule has 8 nitrogen and oxygen atoms in total. The molecule has 2 rings (SSSR count). The van der Waals surface area contributed by atoms with Gasteiger partial charge in [-0.05, 0) is 71.4 Å². The average Bonchev–Trinajstić information content (AvgIpc) is 2.70. The van der Waals surface area contributed by atoms with Gasteiger partial charge in [0.05, 0.1) is 12.5 Å². The molecular formula is C25H33NO7S. The molecule has 0 saturated carbocycles. The van der Waals surface area contributed by atoms with Gasteiger partial charge in [-0.15, -0.1) is 0 Å². The van der Waals surface area contributed by atoms with Crippen LogP contribution in [0.5, 0.6) is 5.75 Å². The predicted molar refractivity (Wildman–Crippen MR) is 128 cm³/mol. The molecule has 2 atom stereocenters. The molecule has 0 fully saturated rings. The number of aryl methyl sites for hydroxylation is 1. The van der Waals surface area contributed by atoms with E-state index in [9.17, 15) is 18.0 Å². The molecule has 0 aromatic heterocycles. The van der Waals surface area contributed by atoms with Crippen molar-refractivity contribution >= 4 is 22.1 Å². The van der Waals surface area contributed by atoms with E-state index >= 15 is 0 Å². The van der Waals surface area contributed by atoms with Gasteiger partial charge in [0.15, 0.2) is 0 Å². The Labute approximate surface area is 201 Å². The fourth-order valence-electron chi connectivity index (χ4n) is 3.15. The third-order valence-electron chi connectivity index (χ3n) is 4.67. The van der Waals surface area contributed by atoms with Crippen LogP contribution >= 0.6 is 0 Å². The molecule has 0 radical (unpaired) electrons. The first kappa shape index (κ1) is 27.3. The van der Waals surface area contributed by atoms with Crippen LogP contribution in [0.2, 0.25) is 0 Å². The van der Waals surface area contributed by atoms with Crippen molar-refractivity contribution in [2.75, 3.05) is 0 Å². The minimum atomic E-state index is -4.09. The first-order chi connectivity index (χ1) is 15.7. The van der Waals surface area contributed by atoms with Crippen molar-refractivity contribution in [2.24, 2.45) is 5.73 Å². The molecule has 2 aromatic carbocycles. The van der Waals surface area contributed by atoms with E-state index < -0.39 is 39.6 Å². The lowest BCUT2D eigenvalue weighted by atomic mass is 9.88. The van der Waals surface area contributed by atoms with E-state index in [2.05, 4.69) is 0 Å². The minimum absolute atomic E-state index is 0.00557. The Hall–Kier alpha value is -2.91. The summed E-state index contributed by atoms with van der Waals surface area (Å²) in [5.74, 6) is -2.03. The van der Waals surface area contributed by atoms with Crippen molar-refractivity contribution < 1.29 is 31.7 Å². The maximum Gasteiger partial charge on any atom is 0.339 e. The molecule has 2 N–H and O–H groups in total. The van der Waals surface area contributed by atoms with Gasteiger partial charge in [0, 0.05) is 5.92 Å². The Bertz CT molecular complexity index is 1100. The molecule has 0 aliphatic carbocycles. The first-order valence-corrected chi connectivity index (χ1v) is 12.4. The fourth-order valence-corrected chi connectivity index (χ4v) is 4.08. The number of hydrogen-bond donors (Lipinski definition) is 1. The van der Waals surface area contributed by atoms with E-state index in [0.717, 1.165) is 5.56 Å². The number of hydrogen-bond acceptors (Lipinski definition) is 8. The number of ether oxygens (including phenoxy) is 2. The Morgan fingerprint density at radius 1 is 1.03 bits per heavy atom. The number of carbonyl (C=O) groups is 2. The van der Waals surface area contributed by atoms with Crippen molar-refractivity contribution in [2.45, 2.75) is 76.5 Å². The number of carbonyl (C=O) groups excluding carboxylic acids is 2. The van der Waals surface area contributed by atoms with Gasteiger partial charge in [0.2, 0.25) is 0 Å². The zero-order chi connectivity index (χ0) is 25.7. The van der Waals surface area contributed by atoms with E-state index in [0.29, 0.717) is 5.56 Å². The summed E-state index contributed by atoms with van der Waals surface area (Å²) < 4.78 is 41.3. The summed E-state index contributed by atoms with van der Waals surface area (Å²) in [5.41, 5.74) is 6.80. The van der Waals surface area contributed by atoms with Crippen LogP contribution in [-0.2, 0) is 29.2 Å². The minimum Gasteiger partial charge on any atom is -0.463 e. The summed E-state index contributed by atoms with van der Waals surface area (Å²) in [7, 11) is -4.09. The highest BCUT2D eigenvalue weighted by atomic mass is 32.2. The third-order valence-corrected chi connectivity index (χ3v) is 5.93. The zero-order valence-electron chi connectivity index (χ0n) is 20.4. The van der Waals surface area contributed by atoms with Crippen molar-refractivity contribution in [1.82, 2.24) is 0 Å². The summed E-state index contributed by atoms with van der Waals surface area (Å²) in [6, 6.07) is 11.2. The highest BCUT2D eigenvalue weighted by molar-refractivity contribution is 7.87. The second kappa shape index (κ2) is 11.0. The lowest BCUT2D eigenvalue weighted by Crippen LogP contribution is -2.42. The van der Waals surface area contributed by atoms with Crippen LogP contribution in [0.15, 0.2) is 53.4 Å². The SMILES string of the molecule is Cc1ccc(S(=O)(=O)Oc2cccc(C(CC(=O)OC(C)C)C(N)C(=O)OC(C)(C)C)c2)cc1. The van der Waals surface area contributed by atoms with Gasteiger partial charge < -0.3 is 19.4 Å². The standard InChI is InChI=1S/C25H33NO7S/c1-16(2)31-22(27)15-21(23(26)24(28)32-25(4,5)6)18-8-7-9-19(14-18)33-34(29,30)20-12-10-17(3)11-13-20/h7-14,16,21,23H,15,26H2,1-6H3. The van der Waals surface area contributed by atoms with Crippen LogP contribution in [-0.4, -0.2) is 38.1 Å². The number of benzene rings is 2. The maximum absolute atomic E-state index is 12.7. The van der Waals surface area contributed by atoms with Crippen molar-refractivity contribution in [3.8, 4) is 5.75 Å². The molecule has 9 heteroatoms. The first-order valence-electron chi connectivity index (χ1n) is 11.0. The molecule has 34 heavy (non-hydrogen) atoms. The second-order valence-corrected chi connectivity index (χ2v) is 10.9. The van der Waals surface area contributed by atoms with Crippen LogP contribution in [0.4, 0.5) is 0 Å². The summed E-state index contributed by atoms with van der Waals surface area (Å²) >= 11 is 0. The largest absolute Gasteiger partial charge is 0.463 e. The number of rotatable bonds is 9. The third kappa shape index (κ3) is 8.14. The summed E-state index contributed by atoms with van der Waals surface area (Å²) in [6.07, 6.45) is -0.549. The number of esters is 2. The lowest BCUT2D eigenvalue weighted by Gasteiger charge is -2.27. The molecule has 0 aliphatic rings. The summed E-state index contributed by atoms with van der Waals surface area (Å²) in [5, 5.41) is 0. The highest BCUT2D eigenvalue weighted by Gasteiger charge is 2.33. The lowest BCUT2D eigenvalue weighted by molar-refractivity contribution is -0.157. The quantitative estimate of drug-likeness (QED) is 0.414. The summed E-state index contributed by atoms with van der Waals surface area (Å²) in [4.78, 5) is 25.1. The molecule has 0 bridgehead atoms. The zero-order valence-corrected chi connectivity index (χ0v) is 21.2. The Morgan fingerprint density at radius 2 is 1.65 bits per heavy atom. The van der Waals surface area contributed by atoms with Gasteiger partial charge in [-0.3, -0.25) is 9.59 Å². The molecule has 186 valence electrons. The molecule has 0 saturated heterocycles. The van der Waals surface area contributed by atoms with E-state index in [4.69, 9.17) is 19.4 Å². The van der Waals surface area contributed by atoms with Gasteiger partial charge in [-0.2, -0.15) is 8.42 Å². The van der Waals surface area contributed by atoms with Crippen molar-refractivity contribution in [3.63, 3.8) is 0 Å². The second-order valence-electron chi connectivity index (χ2n) is 9.33. The van der Waals surface area contributed by atoms with Crippen LogP contribution in [0.1, 0.15) is 58.1 Å². The van der Waals surface area contributed by atoms with Crippen LogP contribution in [0.3, 0.4) is 0 Å². The highest BCUT2D eigenvalue weighted by Crippen LogP contribution is 2.29. The monoisotopic (exact) mass is 491 g/mol. The fraction of sp³-hybridized carbons (Fsp3) is 0.440. The van der Waals surface area contributed by atoms with Crippen molar-refractivity contribution in [3.05, 3.63) is 59.7 Å². The van der Waals surface area contributed by atoms with E-state index in [1.165, 1.54) is 24.3 Å². The maximum atomic E-state index is 12.7.